The van der Waals surface area contributed by atoms with Crippen molar-refractivity contribution in [2.24, 2.45) is 5.41 Å². The minimum atomic E-state index is -1.29. The van der Waals surface area contributed by atoms with Crippen molar-refractivity contribution in [2.75, 3.05) is 0 Å². The molecule has 2 rings (SSSR count). The third-order valence-electron chi connectivity index (χ3n) is 3.00. The Morgan fingerprint density at radius 1 is 1.31 bits per heavy atom. The quantitative estimate of drug-likeness (QED) is 0.830. The highest BCUT2D eigenvalue weighted by atomic mass is 19.2. The molecule has 3 nitrogen and oxygen atoms in total. The van der Waals surface area contributed by atoms with Crippen LogP contribution in [0.25, 0.3) is 0 Å². The molecule has 0 aliphatic heterocycles. The Kier molecular flexibility index (Phi) is 2.42. The fourth-order valence-electron chi connectivity index (χ4n) is 1.74. The van der Waals surface area contributed by atoms with E-state index in [2.05, 4.69) is 0 Å². The van der Waals surface area contributed by atoms with Crippen molar-refractivity contribution in [3.8, 4) is 0 Å². The van der Waals surface area contributed by atoms with Gasteiger partial charge in [0.1, 0.15) is 0 Å². The fraction of sp³-hybridized carbons (Fsp3) is 0.364. The molecule has 0 amide bonds. The van der Waals surface area contributed by atoms with Crippen molar-refractivity contribution in [3.63, 3.8) is 0 Å². The van der Waals surface area contributed by atoms with E-state index in [1.165, 1.54) is 6.07 Å². The van der Waals surface area contributed by atoms with Crippen LogP contribution in [0, 0.1) is 17.0 Å². The van der Waals surface area contributed by atoms with Gasteiger partial charge in [-0.1, -0.05) is 6.07 Å². The van der Waals surface area contributed by atoms with Gasteiger partial charge < -0.3 is 10.2 Å². The summed E-state index contributed by atoms with van der Waals surface area (Å²) in [5.41, 5.74) is -1.12. The molecule has 1 saturated carbocycles. The molecule has 1 aliphatic carbocycles. The van der Waals surface area contributed by atoms with Gasteiger partial charge in [0.2, 0.25) is 0 Å². The zero-order chi connectivity index (χ0) is 11.9. The van der Waals surface area contributed by atoms with Crippen molar-refractivity contribution in [1.29, 1.82) is 0 Å². The second-order valence-electron chi connectivity index (χ2n) is 4.04. The van der Waals surface area contributed by atoms with Crippen LogP contribution in [0.4, 0.5) is 8.78 Å². The second-order valence-corrected chi connectivity index (χ2v) is 4.04. The smallest absolute Gasteiger partial charge is 0.312 e. The van der Waals surface area contributed by atoms with Gasteiger partial charge in [-0.2, -0.15) is 0 Å². The maximum absolute atomic E-state index is 12.9. The maximum atomic E-state index is 12.9. The average molecular weight is 228 g/mol. The third kappa shape index (κ3) is 1.57. The summed E-state index contributed by atoms with van der Waals surface area (Å²) >= 11 is 0. The first-order valence-electron chi connectivity index (χ1n) is 4.84. The first-order valence-corrected chi connectivity index (χ1v) is 4.84. The van der Waals surface area contributed by atoms with E-state index in [-0.39, 0.29) is 5.56 Å². The number of aliphatic hydroxyl groups is 1. The van der Waals surface area contributed by atoms with Crippen LogP contribution < -0.4 is 0 Å². The Balaban J connectivity index is 2.31. The van der Waals surface area contributed by atoms with E-state index >= 15 is 0 Å². The largest absolute Gasteiger partial charge is 0.481 e. The average Bonchev–Trinajstić information content (AvgIpc) is 3.02. The SMILES string of the molecule is O=C(O)C1(C(O)c2ccc(F)c(F)c2)CC1. The predicted molar refractivity (Wildman–Crippen MR) is 50.6 cm³/mol. The molecule has 1 atom stereocenters. The Hall–Kier alpha value is -1.49. The number of carboxylic acid groups (broad SMARTS) is 1. The normalized spacial score (nSPS) is 19.2. The predicted octanol–water partition coefficient (Wildman–Crippen LogP) is 1.86. The highest BCUT2D eigenvalue weighted by Gasteiger charge is 2.56. The van der Waals surface area contributed by atoms with Crippen molar-refractivity contribution in [3.05, 3.63) is 35.4 Å². The zero-order valence-corrected chi connectivity index (χ0v) is 8.28. The Morgan fingerprint density at radius 3 is 2.38 bits per heavy atom. The summed E-state index contributed by atoms with van der Waals surface area (Å²) in [5, 5.41) is 18.8. The molecule has 5 heteroatoms. The molecule has 0 bridgehead atoms. The number of rotatable bonds is 3. The number of hydrogen-bond acceptors (Lipinski definition) is 2. The van der Waals surface area contributed by atoms with Crippen LogP contribution in [0.5, 0.6) is 0 Å². The van der Waals surface area contributed by atoms with Crippen LogP contribution in [0.15, 0.2) is 18.2 Å². The van der Waals surface area contributed by atoms with Crippen LogP contribution in [-0.2, 0) is 4.79 Å². The van der Waals surface area contributed by atoms with Crippen LogP contribution >= 0.6 is 0 Å². The van der Waals surface area contributed by atoms with Crippen molar-refractivity contribution >= 4 is 5.97 Å². The summed E-state index contributed by atoms with van der Waals surface area (Å²) in [6.07, 6.45) is -0.592. The van der Waals surface area contributed by atoms with E-state index in [9.17, 15) is 18.7 Å². The number of carboxylic acids is 1. The van der Waals surface area contributed by atoms with Crippen LogP contribution in [0.3, 0.4) is 0 Å². The molecule has 1 unspecified atom stereocenters. The first-order chi connectivity index (χ1) is 7.47. The highest BCUT2D eigenvalue weighted by molar-refractivity contribution is 5.79. The van der Waals surface area contributed by atoms with E-state index in [0.29, 0.717) is 12.8 Å². The Morgan fingerprint density at radius 2 is 1.94 bits per heavy atom. The summed E-state index contributed by atoms with van der Waals surface area (Å²) in [5.74, 6) is -3.21. The molecular weight excluding hydrogens is 218 g/mol. The van der Waals surface area contributed by atoms with Crippen molar-refractivity contribution in [1.82, 2.24) is 0 Å². The van der Waals surface area contributed by atoms with Crippen LogP contribution in [-0.4, -0.2) is 16.2 Å². The minimum Gasteiger partial charge on any atom is -0.481 e. The van der Waals surface area contributed by atoms with E-state index in [0.717, 1.165) is 12.1 Å². The van der Waals surface area contributed by atoms with Crippen molar-refractivity contribution in [2.45, 2.75) is 18.9 Å². The number of benzene rings is 1. The highest BCUT2D eigenvalue weighted by Crippen LogP contribution is 2.55. The standard InChI is InChI=1S/C11H10F2O3/c12-7-2-1-6(5-8(7)13)9(14)11(3-4-11)10(15)16/h1-2,5,9,14H,3-4H2,(H,15,16). The first kappa shape index (κ1) is 11.0. The number of hydrogen-bond donors (Lipinski definition) is 2. The maximum Gasteiger partial charge on any atom is 0.312 e. The molecule has 2 N–H and O–H groups in total. The second kappa shape index (κ2) is 3.52. The lowest BCUT2D eigenvalue weighted by Gasteiger charge is -2.18. The summed E-state index contributed by atoms with van der Waals surface area (Å²) in [6.45, 7) is 0. The number of halogens is 2. The van der Waals surface area contributed by atoms with Crippen LogP contribution in [0.1, 0.15) is 24.5 Å². The molecule has 0 aromatic heterocycles. The molecule has 0 radical (unpaired) electrons. The van der Waals surface area contributed by atoms with E-state index in [4.69, 9.17) is 5.11 Å². The summed E-state index contributed by atoms with van der Waals surface area (Å²) in [6, 6.07) is 2.92. The summed E-state index contributed by atoms with van der Waals surface area (Å²) < 4.78 is 25.6. The molecule has 1 fully saturated rings. The Labute approximate surface area is 90.3 Å². The number of aliphatic carboxylic acids is 1. The molecule has 1 aromatic rings. The number of aliphatic hydroxyl groups excluding tert-OH is 1. The lowest BCUT2D eigenvalue weighted by molar-refractivity contribution is -0.148. The molecule has 86 valence electrons. The Bertz CT molecular complexity index is 441. The van der Waals surface area contributed by atoms with E-state index in [1.807, 2.05) is 0 Å². The third-order valence-corrected chi connectivity index (χ3v) is 3.00. The lowest BCUT2D eigenvalue weighted by atomic mass is 9.93. The van der Waals surface area contributed by atoms with Gasteiger partial charge >= 0.3 is 5.97 Å². The molecule has 0 saturated heterocycles. The van der Waals surface area contributed by atoms with Crippen LogP contribution in [0.2, 0.25) is 0 Å². The molecule has 16 heavy (non-hydrogen) atoms. The van der Waals surface area contributed by atoms with E-state index in [1.54, 1.807) is 0 Å². The van der Waals surface area contributed by atoms with Gasteiger partial charge in [-0.3, -0.25) is 4.79 Å². The van der Waals surface area contributed by atoms with Gasteiger partial charge in [-0.05, 0) is 30.5 Å². The monoisotopic (exact) mass is 228 g/mol. The zero-order valence-electron chi connectivity index (χ0n) is 8.28. The van der Waals surface area contributed by atoms with Gasteiger partial charge in [-0.25, -0.2) is 8.78 Å². The fourth-order valence-corrected chi connectivity index (χ4v) is 1.74. The molecular formula is C11H10F2O3. The summed E-state index contributed by atoms with van der Waals surface area (Å²) in [7, 11) is 0. The minimum absolute atomic E-state index is 0.0961. The van der Waals surface area contributed by atoms with Gasteiger partial charge in [0.15, 0.2) is 11.6 Å². The van der Waals surface area contributed by atoms with Gasteiger partial charge in [-0.15, -0.1) is 0 Å². The molecule has 0 heterocycles. The van der Waals surface area contributed by atoms with Gasteiger partial charge in [0.25, 0.3) is 0 Å². The topological polar surface area (TPSA) is 57.5 Å². The summed E-state index contributed by atoms with van der Waals surface area (Å²) in [4.78, 5) is 10.9. The van der Waals surface area contributed by atoms with Crippen molar-refractivity contribution < 1.29 is 23.8 Å². The molecule has 0 spiro atoms. The van der Waals surface area contributed by atoms with Gasteiger partial charge in [0, 0.05) is 0 Å². The van der Waals surface area contributed by atoms with E-state index < -0.39 is 29.1 Å². The molecule has 1 aromatic carbocycles. The number of carbonyl (C=O) groups is 1. The van der Waals surface area contributed by atoms with Gasteiger partial charge in [0.05, 0.1) is 11.5 Å². The molecule has 1 aliphatic rings. The lowest BCUT2D eigenvalue weighted by Crippen LogP contribution is -2.23.